The van der Waals surface area contributed by atoms with Crippen LogP contribution in [-0.2, 0) is 6.54 Å². The Labute approximate surface area is 116 Å². The lowest BCUT2D eigenvalue weighted by molar-refractivity contribution is -0.383. The van der Waals surface area contributed by atoms with E-state index in [2.05, 4.69) is 21.2 Å². The van der Waals surface area contributed by atoms with Gasteiger partial charge in [0.1, 0.15) is 11.4 Å². The van der Waals surface area contributed by atoms with Crippen LogP contribution in [-0.4, -0.2) is 4.92 Å². The smallest absolute Gasteiger partial charge is 0.314 e. The topological polar surface area (TPSA) is 81.2 Å². The molecule has 0 aliphatic rings. The van der Waals surface area contributed by atoms with Crippen molar-refractivity contribution in [3.8, 4) is 0 Å². The summed E-state index contributed by atoms with van der Waals surface area (Å²) in [6.45, 7) is 0.528. The minimum atomic E-state index is -0.470. The molecule has 0 saturated heterocycles. The summed E-state index contributed by atoms with van der Waals surface area (Å²) in [5.74, 6) is 0. The fraction of sp³-hybridized carbons (Fsp3) is 0.0909. The summed E-state index contributed by atoms with van der Waals surface area (Å²) in [6.07, 6.45) is 0. The Morgan fingerprint density at radius 1 is 1.50 bits per heavy atom. The molecule has 2 aromatic rings. The van der Waals surface area contributed by atoms with Gasteiger partial charge in [-0.05, 0) is 34.1 Å². The molecular weight excluding hydrogens is 318 g/mol. The Hall–Kier alpha value is -1.60. The molecule has 3 N–H and O–H groups in total. The summed E-state index contributed by atoms with van der Waals surface area (Å²) < 4.78 is 1.01. The lowest BCUT2D eigenvalue weighted by Crippen LogP contribution is -2.03. The molecule has 0 unspecified atom stereocenters. The molecule has 0 aliphatic carbocycles. The summed E-state index contributed by atoms with van der Waals surface area (Å²) >= 11 is 4.94. The maximum absolute atomic E-state index is 10.9. The molecular formula is C11H10BrN3O2S. The van der Waals surface area contributed by atoms with E-state index in [9.17, 15) is 10.1 Å². The van der Waals surface area contributed by atoms with Crippen molar-refractivity contribution in [1.29, 1.82) is 0 Å². The average molecular weight is 328 g/mol. The summed E-state index contributed by atoms with van der Waals surface area (Å²) in [5, 5.41) is 15.9. The third kappa shape index (κ3) is 2.80. The first-order chi connectivity index (χ1) is 8.58. The van der Waals surface area contributed by atoms with Crippen LogP contribution in [0.4, 0.5) is 17.1 Å². The van der Waals surface area contributed by atoms with Crippen LogP contribution in [0.25, 0.3) is 0 Å². The second-order valence-corrected chi connectivity index (χ2v) is 5.50. The molecule has 0 atom stereocenters. The fourth-order valence-electron chi connectivity index (χ4n) is 1.54. The molecule has 1 aromatic heterocycles. The predicted molar refractivity (Wildman–Crippen MR) is 76.9 cm³/mol. The maximum atomic E-state index is 10.9. The van der Waals surface area contributed by atoms with Gasteiger partial charge in [0.05, 0.1) is 4.92 Å². The van der Waals surface area contributed by atoms with Crippen LogP contribution < -0.4 is 11.1 Å². The van der Waals surface area contributed by atoms with Crippen molar-refractivity contribution in [2.75, 3.05) is 11.1 Å². The molecule has 0 spiro atoms. The molecule has 1 heterocycles. The van der Waals surface area contributed by atoms with Crippen molar-refractivity contribution in [2.45, 2.75) is 6.54 Å². The lowest BCUT2D eigenvalue weighted by Gasteiger charge is -2.07. The standard InChI is InChI=1S/C11H10BrN3O2S/c12-7-4-8(18-6-7)5-14-10-3-1-2-9(13)11(10)15(16)17/h1-4,6,14H,5,13H2. The first kappa shape index (κ1) is 12.8. The van der Waals surface area contributed by atoms with Crippen molar-refractivity contribution in [3.63, 3.8) is 0 Å². The van der Waals surface area contributed by atoms with Crippen molar-refractivity contribution >= 4 is 44.3 Å². The van der Waals surface area contributed by atoms with Crippen molar-refractivity contribution in [3.05, 3.63) is 49.1 Å². The quantitative estimate of drug-likeness (QED) is 0.510. The zero-order valence-corrected chi connectivity index (χ0v) is 11.6. The van der Waals surface area contributed by atoms with Crippen LogP contribution in [0.15, 0.2) is 34.1 Å². The number of thiophene rings is 1. The monoisotopic (exact) mass is 327 g/mol. The molecule has 0 aliphatic heterocycles. The van der Waals surface area contributed by atoms with E-state index in [0.717, 1.165) is 9.35 Å². The van der Waals surface area contributed by atoms with Gasteiger partial charge >= 0.3 is 5.69 Å². The molecule has 2 rings (SSSR count). The highest BCUT2D eigenvalue weighted by Crippen LogP contribution is 2.31. The Morgan fingerprint density at radius 3 is 2.89 bits per heavy atom. The number of nitro benzene ring substituents is 1. The molecule has 0 bridgehead atoms. The molecule has 0 amide bonds. The van der Waals surface area contributed by atoms with Crippen molar-refractivity contribution in [2.24, 2.45) is 0 Å². The summed E-state index contributed by atoms with van der Waals surface area (Å²) in [6, 6.07) is 6.83. The van der Waals surface area contributed by atoms with Crippen LogP contribution >= 0.6 is 27.3 Å². The Bertz CT molecular complexity index is 585. The number of halogens is 1. The number of anilines is 2. The van der Waals surface area contributed by atoms with Gasteiger partial charge in [-0.2, -0.15) is 0 Å². The highest BCUT2D eigenvalue weighted by Gasteiger charge is 2.17. The van der Waals surface area contributed by atoms with Gasteiger partial charge in [0.2, 0.25) is 0 Å². The SMILES string of the molecule is Nc1cccc(NCc2cc(Br)cs2)c1[N+](=O)[O-]. The Morgan fingerprint density at radius 2 is 2.28 bits per heavy atom. The van der Waals surface area contributed by atoms with Crippen LogP contribution in [0, 0.1) is 10.1 Å². The number of nitrogens with two attached hydrogens (primary N) is 1. The Balaban J connectivity index is 2.19. The molecule has 0 saturated carbocycles. The van der Waals surface area contributed by atoms with E-state index in [4.69, 9.17) is 5.73 Å². The third-order valence-electron chi connectivity index (χ3n) is 2.32. The van der Waals surface area contributed by atoms with E-state index in [1.807, 2.05) is 11.4 Å². The number of hydrogen-bond donors (Lipinski definition) is 2. The van der Waals surface area contributed by atoms with E-state index < -0.39 is 4.92 Å². The predicted octanol–water partition coefficient (Wildman–Crippen LogP) is 3.61. The van der Waals surface area contributed by atoms with Gasteiger partial charge in [-0.3, -0.25) is 10.1 Å². The van der Waals surface area contributed by atoms with E-state index in [0.29, 0.717) is 12.2 Å². The van der Waals surface area contributed by atoms with Crippen LogP contribution in [0.3, 0.4) is 0 Å². The van der Waals surface area contributed by atoms with E-state index in [1.165, 1.54) is 6.07 Å². The minimum Gasteiger partial charge on any atom is -0.393 e. The molecule has 94 valence electrons. The van der Waals surface area contributed by atoms with E-state index >= 15 is 0 Å². The highest BCUT2D eigenvalue weighted by atomic mass is 79.9. The van der Waals surface area contributed by atoms with Gasteiger partial charge in [-0.1, -0.05) is 6.07 Å². The van der Waals surface area contributed by atoms with Gasteiger partial charge in [0.25, 0.3) is 0 Å². The van der Waals surface area contributed by atoms with Gasteiger partial charge in [-0.15, -0.1) is 11.3 Å². The first-order valence-corrected chi connectivity index (χ1v) is 6.75. The third-order valence-corrected chi connectivity index (χ3v) is 4.02. The number of para-hydroxylation sites is 1. The Kier molecular flexibility index (Phi) is 3.83. The maximum Gasteiger partial charge on any atom is 0.314 e. The molecule has 0 fully saturated rings. The van der Waals surface area contributed by atoms with E-state index in [1.54, 1.807) is 23.5 Å². The normalized spacial score (nSPS) is 10.3. The summed E-state index contributed by atoms with van der Waals surface area (Å²) in [7, 11) is 0. The van der Waals surface area contributed by atoms with E-state index in [-0.39, 0.29) is 11.4 Å². The van der Waals surface area contributed by atoms with Gasteiger partial charge < -0.3 is 11.1 Å². The van der Waals surface area contributed by atoms with Crippen molar-refractivity contribution < 1.29 is 4.92 Å². The van der Waals surface area contributed by atoms with Gasteiger partial charge in [-0.25, -0.2) is 0 Å². The molecule has 0 radical (unpaired) electrons. The van der Waals surface area contributed by atoms with Crippen molar-refractivity contribution in [1.82, 2.24) is 0 Å². The average Bonchev–Trinajstić information content (AvgIpc) is 2.72. The molecule has 1 aromatic carbocycles. The number of hydrogen-bond acceptors (Lipinski definition) is 5. The molecule has 18 heavy (non-hydrogen) atoms. The number of nitrogens with zero attached hydrogens (tertiary/aromatic N) is 1. The van der Waals surface area contributed by atoms with Crippen LogP contribution in [0.1, 0.15) is 4.88 Å². The zero-order chi connectivity index (χ0) is 13.1. The minimum absolute atomic E-state index is 0.0758. The first-order valence-electron chi connectivity index (χ1n) is 5.07. The summed E-state index contributed by atoms with van der Waals surface area (Å²) in [4.78, 5) is 11.6. The largest absolute Gasteiger partial charge is 0.393 e. The molecule has 7 heteroatoms. The highest BCUT2D eigenvalue weighted by molar-refractivity contribution is 9.10. The zero-order valence-electron chi connectivity index (χ0n) is 9.22. The number of nitrogens with one attached hydrogen (secondary N) is 1. The second-order valence-electron chi connectivity index (χ2n) is 3.59. The van der Waals surface area contributed by atoms with Crippen LogP contribution in [0.2, 0.25) is 0 Å². The van der Waals surface area contributed by atoms with Gasteiger partial charge in [0, 0.05) is 21.3 Å². The number of benzene rings is 1. The number of nitrogen functional groups attached to an aromatic ring is 1. The second kappa shape index (κ2) is 5.36. The van der Waals surface area contributed by atoms with Crippen LogP contribution in [0.5, 0.6) is 0 Å². The lowest BCUT2D eigenvalue weighted by atomic mass is 10.2. The number of nitro groups is 1. The summed E-state index contributed by atoms with van der Waals surface area (Å²) in [5.41, 5.74) is 6.13. The molecule has 5 nitrogen and oxygen atoms in total. The number of rotatable bonds is 4. The fourth-order valence-corrected chi connectivity index (χ4v) is 2.93. The van der Waals surface area contributed by atoms with Gasteiger partial charge in [0.15, 0.2) is 0 Å².